The van der Waals surface area contributed by atoms with E-state index >= 15 is 0 Å². The number of hydrogen-bond donors (Lipinski definition) is 1. The molecule has 0 bridgehead atoms. The monoisotopic (exact) mass is 242 g/mol. The Morgan fingerprint density at radius 2 is 2.15 bits per heavy atom. The van der Waals surface area contributed by atoms with Gasteiger partial charge in [0.25, 0.3) is 0 Å². The number of alkyl halides is 1. The van der Waals surface area contributed by atoms with Crippen molar-refractivity contribution in [3.63, 3.8) is 0 Å². The molecule has 0 radical (unpaired) electrons. The average molecular weight is 243 g/mol. The molecule has 1 unspecified atom stereocenters. The zero-order chi connectivity index (χ0) is 9.84. The lowest BCUT2D eigenvalue weighted by Gasteiger charge is -2.11. The van der Waals surface area contributed by atoms with E-state index in [0.29, 0.717) is 11.7 Å². The van der Waals surface area contributed by atoms with E-state index in [1.807, 2.05) is 13.0 Å². The van der Waals surface area contributed by atoms with E-state index in [1.165, 1.54) is 5.56 Å². The average Bonchev–Trinajstić information content (AvgIpc) is 2.10. The molecule has 0 aliphatic rings. The van der Waals surface area contributed by atoms with Crippen LogP contribution in [0.3, 0.4) is 0 Å². The molecule has 1 rings (SSSR count). The molecule has 2 heteroatoms. The Hall–Kier alpha value is -0.500. The van der Waals surface area contributed by atoms with Gasteiger partial charge in [0.05, 0.1) is 0 Å². The molecule has 1 N–H and O–H groups in total. The molecule has 1 atom stereocenters. The summed E-state index contributed by atoms with van der Waals surface area (Å²) < 4.78 is 0. The molecule has 0 fully saturated rings. The third-order valence-corrected chi connectivity index (χ3v) is 2.79. The van der Waals surface area contributed by atoms with Crippen molar-refractivity contribution in [3.05, 3.63) is 29.3 Å². The third kappa shape index (κ3) is 2.73. The zero-order valence-electron chi connectivity index (χ0n) is 8.05. The number of phenolic OH excluding ortho intramolecular Hbond substituents is 1. The lowest BCUT2D eigenvalue weighted by Crippen LogP contribution is -1.94. The first-order valence-electron chi connectivity index (χ1n) is 4.50. The van der Waals surface area contributed by atoms with Crippen LogP contribution >= 0.6 is 15.9 Å². The van der Waals surface area contributed by atoms with Crippen molar-refractivity contribution in [1.82, 2.24) is 0 Å². The summed E-state index contributed by atoms with van der Waals surface area (Å²) in [5.41, 5.74) is 2.26. The Morgan fingerprint density at radius 3 is 2.69 bits per heavy atom. The van der Waals surface area contributed by atoms with Gasteiger partial charge in [-0.15, -0.1) is 0 Å². The topological polar surface area (TPSA) is 20.2 Å². The lowest BCUT2D eigenvalue weighted by atomic mass is 9.97. The molecule has 0 saturated carbocycles. The largest absolute Gasteiger partial charge is 0.508 e. The highest BCUT2D eigenvalue weighted by Crippen LogP contribution is 2.24. The van der Waals surface area contributed by atoms with Gasteiger partial charge in [0.1, 0.15) is 5.75 Å². The summed E-state index contributed by atoms with van der Waals surface area (Å²) >= 11 is 3.43. The Balaban J connectivity index is 2.84. The lowest BCUT2D eigenvalue weighted by molar-refractivity contribution is 0.470. The molecule has 13 heavy (non-hydrogen) atoms. The second-order valence-corrected chi connectivity index (χ2v) is 4.22. The molecule has 0 amide bonds. The first kappa shape index (κ1) is 10.6. The second kappa shape index (κ2) is 4.66. The summed E-state index contributed by atoms with van der Waals surface area (Å²) in [5, 5.41) is 10.4. The maximum Gasteiger partial charge on any atom is 0.118 e. The molecule has 0 aromatic heterocycles. The minimum absolute atomic E-state index is 0.384. The van der Waals surface area contributed by atoms with Crippen molar-refractivity contribution in [1.29, 1.82) is 0 Å². The number of phenols is 1. The van der Waals surface area contributed by atoms with Gasteiger partial charge in [-0.25, -0.2) is 0 Å². The zero-order valence-corrected chi connectivity index (χ0v) is 9.63. The van der Waals surface area contributed by atoms with Crippen LogP contribution in [0.15, 0.2) is 18.2 Å². The van der Waals surface area contributed by atoms with E-state index in [4.69, 9.17) is 0 Å². The summed E-state index contributed by atoms with van der Waals surface area (Å²) in [6.45, 7) is 4.13. The number of benzene rings is 1. The fourth-order valence-electron chi connectivity index (χ4n) is 1.32. The highest BCUT2D eigenvalue weighted by atomic mass is 79.9. The Labute approximate surface area is 87.9 Å². The second-order valence-electron chi connectivity index (χ2n) is 3.42. The molecule has 1 aromatic carbocycles. The van der Waals surface area contributed by atoms with Gasteiger partial charge in [-0.2, -0.15) is 0 Å². The maximum atomic E-state index is 9.35. The smallest absolute Gasteiger partial charge is 0.118 e. The normalized spacial score (nSPS) is 12.8. The van der Waals surface area contributed by atoms with Crippen LogP contribution in [0.2, 0.25) is 0 Å². The van der Waals surface area contributed by atoms with Gasteiger partial charge >= 0.3 is 0 Å². The molecule has 1 aromatic rings. The number of hydrogen-bond acceptors (Lipinski definition) is 1. The minimum atomic E-state index is 0.384. The van der Waals surface area contributed by atoms with Crippen LogP contribution in [0.25, 0.3) is 0 Å². The van der Waals surface area contributed by atoms with Crippen LogP contribution in [-0.2, 0) is 0 Å². The predicted octanol–water partition coefficient (Wildman–Crippen LogP) is 3.59. The fourth-order valence-corrected chi connectivity index (χ4v) is 2.00. The fraction of sp³-hybridized carbons (Fsp3) is 0.455. The van der Waals surface area contributed by atoms with Crippen LogP contribution in [0.4, 0.5) is 0 Å². The first-order chi connectivity index (χ1) is 6.15. The van der Waals surface area contributed by atoms with Gasteiger partial charge in [0.2, 0.25) is 0 Å². The van der Waals surface area contributed by atoms with Crippen LogP contribution in [0.5, 0.6) is 5.75 Å². The number of aryl methyl sites for hydroxylation is 1. The highest BCUT2D eigenvalue weighted by molar-refractivity contribution is 9.09. The molecule has 1 nitrogen and oxygen atoms in total. The van der Waals surface area contributed by atoms with E-state index in [0.717, 1.165) is 17.3 Å². The van der Waals surface area contributed by atoms with Crippen LogP contribution in [-0.4, -0.2) is 10.4 Å². The van der Waals surface area contributed by atoms with Crippen LogP contribution in [0, 0.1) is 6.92 Å². The molecule has 0 aliphatic heterocycles. The highest BCUT2D eigenvalue weighted by Gasteiger charge is 2.05. The summed E-state index contributed by atoms with van der Waals surface area (Å²) in [5.74, 6) is 0.938. The van der Waals surface area contributed by atoms with E-state index in [-0.39, 0.29) is 0 Å². The molecule has 0 aliphatic carbocycles. The summed E-state index contributed by atoms with van der Waals surface area (Å²) in [7, 11) is 0. The standard InChI is InChI=1S/C11H15BrO/c1-8(5-6-12)10-3-4-11(13)9(2)7-10/h3-4,7-8,13H,5-6H2,1-2H3. The molecule has 0 saturated heterocycles. The van der Waals surface area contributed by atoms with E-state index in [2.05, 4.69) is 28.9 Å². The summed E-state index contributed by atoms with van der Waals surface area (Å²) in [6, 6.07) is 5.83. The van der Waals surface area contributed by atoms with Crippen molar-refractivity contribution in [2.75, 3.05) is 5.33 Å². The van der Waals surface area contributed by atoms with Crippen molar-refractivity contribution in [2.45, 2.75) is 26.2 Å². The molecular formula is C11H15BrO. The van der Waals surface area contributed by atoms with E-state index in [1.54, 1.807) is 6.07 Å². The Morgan fingerprint density at radius 1 is 1.46 bits per heavy atom. The van der Waals surface area contributed by atoms with Crippen LogP contribution in [0.1, 0.15) is 30.4 Å². The van der Waals surface area contributed by atoms with Gasteiger partial charge in [-0.05, 0) is 36.5 Å². The number of halogens is 1. The third-order valence-electron chi connectivity index (χ3n) is 2.33. The van der Waals surface area contributed by atoms with E-state index < -0.39 is 0 Å². The Bertz CT molecular complexity index is 283. The van der Waals surface area contributed by atoms with Crippen molar-refractivity contribution >= 4 is 15.9 Å². The Kier molecular flexibility index (Phi) is 3.79. The predicted molar refractivity (Wildman–Crippen MR) is 59.7 cm³/mol. The SMILES string of the molecule is Cc1cc(C(C)CCBr)ccc1O. The van der Waals surface area contributed by atoms with Gasteiger partial charge < -0.3 is 5.11 Å². The molecular weight excluding hydrogens is 228 g/mol. The maximum absolute atomic E-state index is 9.35. The van der Waals surface area contributed by atoms with Gasteiger partial charge in [0.15, 0.2) is 0 Å². The quantitative estimate of drug-likeness (QED) is 0.804. The van der Waals surface area contributed by atoms with Gasteiger partial charge in [0, 0.05) is 5.33 Å². The van der Waals surface area contributed by atoms with Crippen LogP contribution < -0.4 is 0 Å². The molecule has 0 heterocycles. The molecule has 0 spiro atoms. The van der Waals surface area contributed by atoms with Gasteiger partial charge in [-0.3, -0.25) is 0 Å². The summed E-state index contributed by atoms with van der Waals surface area (Å²) in [6.07, 6.45) is 1.13. The molecule has 72 valence electrons. The first-order valence-corrected chi connectivity index (χ1v) is 5.62. The van der Waals surface area contributed by atoms with Gasteiger partial charge in [-0.1, -0.05) is 35.0 Å². The minimum Gasteiger partial charge on any atom is -0.508 e. The van der Waals surface area contributed by atoms with Crippen molar-refractivity contribution in [3.8, 4) is 5.75 Å². The van der Waals surface area contributed by atoms with E-state index in [9.17, 15) is 5.11 Å². The number of aromatic hydroxyl groups is 1. The van der Waals surface area contributed by atoms with Crippen molar-refractivity contribution < 1.29 is 5.11 Å². The summed E-state index contributed by atoms with van der Waals surface area (Å²) in [4.78, 5) is 0. The number of rotatable bonds is 3. The van der Waals surface area contributed by atoms with Crippen molar-refractivity contribution in [2.24, 2.45) is 0 Å².